The average molecular weight is 546 g/mol. The summed E-state index contributed by atoms with van der Waals surface area (Å²) in [5.41, 5.74) is 4.11. The van der Waals surface area contributed by atoms with Gasteiger partial charge in [0.2, 0.25) is 5.88 Å². The highest BCUT2D eigenvalue weighted by molar-refractivity contribution is 6.09. The molecule has 1 aliphatic heterocycles. The van der Waals surface area contributed by atoms with E-state index in [4.69, 9.17) is 14.5 Å². The first-order valence-electron chi connectivity index (χ1n) is 13.4. The van der Waals surface area contributed by atoms with Crippen molar-refractivity contribution in [3.63, 3.8) is 0 Å². The van der Waals surface area contributed by atoms with E-state index >= 15 is 4.39 Å². The van der Waals surface area contributed by atoms with E-state index < -0.39 is 11.6 Å². The molecule has 1 N–H and O–H groups in total. The van der Waals surface area contributed by atoms with E-state index in [0.29, 0.717) is 41.4 Å². The Balaban J connectivity index is 1.76. The standard InChI is InChI=1S/C29H32FN7O3/c1-16-26(36(4)35-34-16)18-13-21-25(32-15-18)23-20(14-22(29(2,3)38)33-28(23)39-5)37(21)27(17-8-11-40-12-9-17)24-19(30)7-6-10-31-24/h6-7,10,13-15,17,27,38H,8-9,11-12H2,1-5H3/t27-/m0/s1. The lowest BCUT2D eigenvalue weighted by Gasteiger charge is -2.32. The molecule has 6 heterocycles. The summed E-state index contributed by atoms with van der Waals surface area (Å²) in [6.45, 7) is 6.41. The maximum absolute atomic E-state index is 15.6. The zero-order valence-corrected chi connectivity index (χ0v) is 23.2. The summed E-state index contributed by atoms with van der Waals surface area (Å²) < 4.78 is 30.9. The number of aliphatic hydroxyl groups is 1. The van der Waals surface area contributed by atoms with Crippen molar-refractivity contribution in [1.82, 2.24) is 34.5 Å². The van der Waals surface area contributed by atoms with Gasteiger partial charge in [-0.15, -0.1) is 5.10 Å². The van der Waals surface area contributed by atoms with Gasteiger partial charge in [0.05, 0.1) is 52.3 Å². The second-order valence-electron chi connectivity index (χ2n) is 10.8. The van der Waals surface area contributed by atoms with E-state index in [2.05, 4.69) is 24.8 Å². The monoisotopic (exact) mass is 545 g/mol. The second kappa shape index (κ2) is 9.90. The molecular weight excluding hydrogens is 513 g/mol. The number of nitrogens with zero attached hydrogens (tertiary/aromatic N) is 7. The molecule has 0 aromatic carbocycles. The summed E-state index contributed by atoms with van der Waals surface area (Å²) >= 11 is 0. The van der Waals surface area contributed by atoms with E-state index in [0.717, 1.165) is 40.8 Å². The van der Waals surface area contributed by atoms with Gasteiger partial charge in [0.25, 0.3) is 0 Å². The van der Waals surface area contributed by atoms with Gasteiger partial charge in [-0.25, -0.2) is 14.1 Å². The van der Waals surface area contributed by atoms with Crippen molar-refractivity contribution in [2.45, 2.75) is 45.3 Å². The molecule has 1 aliphatic rings. The highest BCUT2D eigenvalue weighted by Crippen LogP contribution is 2.44. The number of fused-ring (bicyclic) bond motifs is 3. The summed E-state index contributed by atoms with van der Waals surface area (Å²) in [7, 11) is 3.39. The lowest BCUT2D eigenvalue weighted by Crippen LogP contribution is -2.28. The molecule has 40 heavy (non-hydrogen) atoms. The first-order chi connectivity index (χ1) is 19.2. The molecule has 1 atom stereocenters. The lowest BCUT2D eigenvalue weighted by molar-refractivity contribution is 0.0542. The Morgan fingerprint density at radius 3 is 2.60 bits per heavy atom. The molecule has 5 aromatic rings. The fraction of sp³-hybridized carbons (Fsp3) is 0.414. The fourth-order valence-electron chi connectivity index (χ4n) is 5.83. The molecule has 1 saturated heterocycles. The van der Waals surface area contributed by atoms with E-state index in [1.165, 1.54) is 6.07 Å². The van der Waals surface area contributed by atoms with Crippen LogP contribution in [0.3, 0.4) is 0 Å². The minimum absolute atomic E-state index is 0.0328. The smallest absolute Gasteiger partial charge is 0.225 e. The van der Waals surface area contributed by atoms with E-state index in [1.807, 2.05) is 26.1 Å². The molecule has 1 fully saturated rings. The van der Waals surface area contributed by atoms with Crippen molar-refractivity contribution in [3.8, 4) is 17.1 Å². The van der Waals surface area contributed by atoms with Crippen LogP contribution in [-0.4, -0.2) is 59.9 Å². The van der Waals surface area contributed by atoms with Crippen LogP contribution >= 0.6 is 0 Å². The minimum Gasteiger partial charge on any atom is -0.480 e. The highest BCUT2D eigenvalue weighted by Gasteiger charge is 2.35. The van der Waals surface area contributed by atoms with Crippen molar-refractivity contribution < 1.29 is 19.0 Å². The second-order valence-corrected chi connectivity index (χ2v) is 10.8. The molecule has 0 radical (unpaired) electrons. The quantitative estimate of drug-likeness (QED) is 0.333. The van der Waals surface area contributed by atoms with Gasteiger partial charge in [-0.1, -0.05) is 5.21 Å². The molecule has 0 amide bonds. The van der Waals surface area contributed by atoms with Crippen molar-refractivity contribution in [1.29, 1.82) is 0 Å². The summed E-state index contributed by atoms with van der Waals surface area (Å²) in [6, 6.07) is 6.45. The van der Waals surface area contributed by atoms with Crippen LogP contribution in [0.2, 0.25) is 0 Å². The predicted octanol–water partition coefficient (Wildman–Crippen LogP) is 4.47. The molecule has 0 bridgehead atoms. The zero-order chi connectivity index (χ0) is 28.2. The minimum atomic E-state index is -1.25. The van der Waals surface area contributed by atoms with Crippen LogP contribution in [0, 0.1) is 18.7 Å². The molecule has 0 unspecified atom stereocenters. The Labute approximate surface area is 230 Å². The number of aromatic nitrogens is 7. The number of ether oxygens (including phenoxy) is 2. The van der Waals surface area contributed by atoms with Gasteiger partial charge in [0.1, 0.15) is 16.9 Å². The Hall–Kier alpha value is -3.96. The van der Waals surface area contributed by atoms with Crippen LogP contribution in [0.1, 0.15) is 49.8 Å². The molecule has 0 saturated carbocycles. The molecule has 0 spiro atoms. The molecule has 208 valence electrons. The van der Waals surface area contributed by atoms with Crippen LogP contribution < -0.4 is 4.74 Å². The summed E-state index contributed by atoms with van der Waals surface area (Å²) in [5, 5.41) is 20.0. The lowest BCUT2D eigenvalue weighted by atomic mass is 9.88. The van der Waals surface area contributed by atoms with Crippen molar-refractivity contribution >= 4 is 21.9 Å². The molecule has 6 rings (SSSR count). The Morgan fingerprint density at radius 2 is 1.95 bits per heavy atom. The summed E-state index contributed by atoms with van der Waals surface area (Å²) in [5.74, 6) is -0.0109. The van der Waals surface area contributed by atoms with Gasteiger partial charge in [0.15, 0.2) is 0 Å². The molecule has 11 heteroatoms. The molecule has 5 aromatic heterocycles. The largest absolute Gasteiger partial charge is 0.480 e. The SMILES string of the molecule is COc1nc(C(C)(C)O)cc2c1c1ncc(-c3c(C)nnn3C)cc1n2[C@H](c1ncccc1F)C1CCOCC1. The number of aryl methyl sites for hydroxylation is 2. The topological polar surface area (TPSA) is 113 Å². The van der Waals surface area contributed by atoms with Gasteiger partial charge in [-0.3, -0.25) is 9.97 Å². The number of hydrogen-bond donors (Lipinski definition) is 1. The van der Waals surface area contributed by atoms with Crippen LogP contribution in [0.15, 0.2) is 36.7 Å². The van der Waals surface area contributed by atoms with Gasteiger partial charge >= 0.3 is 0 Å². The molecule has 0 aliphatic carbocycles. The van der Waals surface area contributed by atoms with Crippen molar-refractivity contribution in [3.05, 3.63) is 59.6 Å². The molecule has 10 nitrogen and oxygen atoms in total. The van der Waals surface area contributed by atoms with E-state index in [1.54, 1.807) is 44.1 Å². The highest BCUT2D eigenvalue weighted by atomic mass is 19.1. The summed E-state index contributed by atoms with van der Waals surface area (Å²) in [4.78, 5) is 14.1. The number of pyridine rings is 3. The van der Waals surface area contributed by atoms with Crippen LogP contribution in [0.4, 0.5) is 4.39 Å². The zero-order valence-electron chi connectivity index (χ0n) is 23.2. The van der Waals surface area contributed by atoms with Gasteiger partial charge < -0.3 is 19.1 Å². The Bertz CT molecular complexity index is 1700. The fourth-order valence-corrected chi connectivity index (χ4v) is 5.83. The van der Waals surface area contributed by atoms with Gasteiger partial charge in [0, 0.05) is 38.2 Å². The number of rotatable bonds is 6. The average Bonchev–Trinajstić information content (AvgIpc) is 3.45. The third-order valence-electron chi connectivity index (χ3n) is 7.74. The maximum atomic E-state index is 15.6. The van der Waals surface area contributed by atoms with E-state index in [9.17, 15) is 5.11 Å². The first-order valence-corrected chi connectivity index (χ1v) is 13.4. The van der Waals surface area contributed by atoms with Gasteiger partial charge in [-0.2, -0.15) is 0 Å². The van der Waals surface area contributed by atoms with Crippen LogP contribution in [0.5, 0.6) is 5.88 Å². The first kappa shape index (κ1) is 26.3. The van der Waals surface area contributed by atoms with Crippen molar-refractivity contribution in [2.75, 3.05) is 20.3 Å². The normalized spacial score (nSPS) is 15.7. The molecular formula is C29H32FN7O3. The number of methoxy groups -OCH3 is 1. The van der Waals surface area contributed by atoms with Crippen LogP contribution in [0.25, 0.3) is 33.2 Å². The number of hydrogen-bond acceptors (Lipinski definition) is 8. The predicted molar refractivity (Wildman–Crippen MR) is 147 cm³/mol. The number of halogens is 1. The van der Waals surface area contributed by atoms with Crippen molar-refractivity contribution in [2.24, 2.45) is 13.0 Å². The maximum Gasteiger partial charge on any atom is 0.225 e. The third-order valence-corrected chi connectivity index (χ3v) is 7.74. The third kappa shape index (κ3) is 4.29. The Kier molecular flexibility index (Phi) is 6.50. The van der Waals surface area contributed by atoms with E-state index in [-0.39, 0.29) is 11.7 Å². The van der Waals surface area contributed by atoms with Gasteiger partial charge in [-0.05, 0) is 63.8 Å². The Morgan fingerprint density at radius 1 is 1.18 bits per heavy atom. The van der Waals surface area contributed by atoms with Crippen LogP contribution in [-0.2, 0) is 17.4 Å². The summed E-state index contributed by atoms with van der Waals surface area (Å²) in [6.07, 6.45) is 4.88.